The van der Waals surface area contributed by atoms with Crippen LogP contribution in [0.3, 0.4) is 0 Å². The van der Waals surface area contributed by atoms with Crippen LogP contribution in [-0.2, 0) is 28.6 Å². The van der Waals surface area contributed by atoms with Gasteiger partial charge < -0.3 is 14.2 Å². The summed E-state index contributed by atoms with van der Waals surface area (Å²) in [6.45, 7) is 6.30. The monoisotopic (exact) mass is 993 g/mol. The smallest absolute Gasteiger partial charge is 0.306 e. The van der Waals surface area contributed by atoms with Crippen LogP contribution >= 0.6 is 0 Å². The van der Waals surface area contributed by atoms with Gasteiger partial charge in [0.05, 0.1) is 0 Å². The van der Waals surface area contributed by atoms with Gasteiger partial charge in [-0.05, 0) is 135 Å². The van der Waals surface area contributed by atoms with Crippen molar-refractivity contribution in [2.24, 2.45) is 0 Å². The van der Waals surface area contributed by atoms with Gasteiger partial charge in [-0.15, -0.1) is 0 Å². The molecular weight excluding hydrogens is 889 g/mol. The van der Waals surface area contributed by atoms with E-state index in [-0.39, 0.29) is 37.5 Å². The first-order chi connectivity index (χ1) is 35.5. The second-order valence-electron chi connectivity index (χ2n) is 18.4. The fourth-order valence-corrected chi connectivity index (χ4v) is 7.30. The second-order valence-corrected chi connectivity index (χ2v) is 18.4. The van der Waals surface area contributed by atoms with E-state index < -0.39 is 6.10 Å². The Morgan fingerprint density at radius 2 is 0.556 bits per heavy atom. The second kappa shape index (κ2) is 58.9. The topological polar surface area (TPSA) is 78.9 Å². The molecule has 0 aliphatic heterocycles. The van der Waals surface area contributed by atoms with Crippen molar-refractivity contribution in [2.75, 3.05) is 13.2 Å². The first kappa shape index (κ1) is 67.3. The van der Waals surface area contributed by atoms with Gasteiger partial charge in [-0.1, -0.05) is 224 Å². The number of allylic oxidation sites excluding steroid dienone is 24. The Balaban J connectivity index is 4.47. The van der Waals surface area contributed by atoms with Gasteiger partial charge in [0.15, 0.2) is 6.10 Å². The van der Waals surface area contributed by atoms with Gasteiger partial charge in [0.1, 0.15) is 13.2 Å². The van der Waals surface area contributed by atoms with Gasteiger partial charge in [-0.2, -0.15) is 0 Å². The molecule has 6 heteroatoms. The lowest BCUT2D eigenvalue weighted by atomic mass is 10.1. The maximum absolute atomic E-state index is 12.8. The Hall–Kier alpha value is -4.71. The minimum Gasteiger partial charge on any atom is -0.462 e. The molecule has 72 heavy (non-hydrogen) atoms. The van der Waals surface area contributed by atoms with Crippen molar-refractivity contribution in [2.45, 2.75) is 239 Å². The average Bonchev–Trinajstić information content (AvgIpc) is 3.38. The lowest BCUT2D eigenvalue weighted by Crippen LogP contribution is -2.30. The highest BCUT2D eigenvalue weighted by Gasteiger charge is 2.19. The molecule has 0 fully saturated rings. The number of unbranched alkanes of at least 4 members (excludes halogenated alkanes) is 15. The van der Waals surface area contributed by atoms with Crippen LogP contribution in [-0.4, -0.2) is 37.2 Å². The molecule has 0 bridgehead atoms. The van der Waals surface area contributed by atoms with Gasteiger partial charge in [0.2, 0.25) is 0 Å². The number of rotatable bonds is 50. The Morgan fingerprint density at radius 3 is 0.903 bits per heavy atom. The van der Waals surface area contributed by atoms with Crippen LogP contribution in [0.5, 0.6) is 0 Å². The number of hydrogen-bond acceptors (Lipinski definition) is 6. The van der Waals surface area contributed by atoms with Crippen molar-refractivity contribution in [1.29, 1.82) is 0 Å². The molecule has 0 aliphatic carbocycles. The van der Waals surface area contributed by atoms with Crippen molar-refractivity contribution in [3.8, 4) is 0 Å². The molecule has 404 valence electrons. The van der Waals surface area contributed by atoms with Gasteiger partial charge in [0.25, 0.3) is 0 Å². The molecule has 0 saturated heterocycles. The first-order valence-electron chi connectivity index (χ1n) is 28.8. The summed E-state index contributed by atoms with van der Waals surface area (Å²) in [5, 5.41) is 0. The minimum absolute atomic E-state index is 0.115. The predicted molar refractivity (Wildman–Crippen MR) is 311 cm³/mol. The van der Waals surface area contributed by atoms with E-state index in [1.807, 2.05) is 0 Å². The Kier molecular flexibility index (Phi) is 55.0. The number of carbonyl (C=O) groups is 3. The Morgan fingerprint density at radius 1 is 0.292 bits per heavy atom. The van der Waals surface area contributed by atoms with Gasteiger partial charge in [0, 0.05) is 19.3 Å². The van der Waals surface area contributed by atoms with Crippen molar-refractivity contribution in [3.63, 3.8) is 0 Å². The number of ether oxygens (including phenoxy) is 3. The molecule has 6 nitrogen and oxygen atoms in total. The van der Waals surface area contributed by atoms with Crippen LogP contribution < -0.4 is 0 Å². The van der Waals surface area contributed by atoms with E-state index in [4.69, 9.17) is 14.2 Å². The van der Waals surface area contributed by atoms with E-state index >= 15 is 0 Å². The molecule has 0 saturated carbocycles. The molecule has 1 unspecified atom stereocenters. The summed E-state index contributed by atoms with van der Waals surface area (Å²) < 4.78 is 16.8. The summed E-state index contributed by atoms with van der Waals surface area (Å²) in [6.07, 6.45) is 84.1. The summed E-state index contributed by atoms with van der Waals surface area (Å²) >= 11 is 0. The molecule has 0 rings (SSSR count). The lowest BCUT2D eigenvalue weighted by Gasteiger charge is -2.18. The maximum atomic E-state index is 12.8. The Labute approximate surface area is 442 Å². The normalized spacial score (nSPS) is 13.2. The van der Waals surface area contributed by atoms with Crippen LogP contribution in [0.25, 0.3) is 0 Å². The predicted octanol–water partition coefficient (Wildman–Crippen LogP) is 19.6. The minimum atomic E-state index is -0.824. The molecule has 0 heterocycles. The summed E-state index contributed by atoms with van der Waals surface area (Å²) in [7, 11) is 0. The fraction of sp³-hybridized carbons (Fsp3) is 0.591. The third kappa shape index (κ3) is 56.2. The highest BCUT2D eigenvalue weighted by molar-refractivity contribution is 5.71. The third-order valence-electron chi connectivity index (χ3n) is 11.6. The molecule has 1 atom stereocenters. The van der Waals surface area contributed by atoms with E-state index in [1.165, 1.54) is 44.9 Å². The van der Waals surface area contributed by atoms with E-state index in [1.54, 1.807) is 0 Å². The molecular formula is C66H104O6. The molecule has 0 aromatic carbocycles. The van der Waals surface area contributed by atoms with Crippen LogP contribution in [0.1, 0.15) is 233 Å². The van der Waals surface area contributed by atoms with Crippen LogP contribution in [0.2, 0.25) is 0 Å². The first-order valence-corrected chi connectivity index (χ1v) is 28.8. The van der Waals surface area contributed by atoms with E-state index in [0.29, 0.717) is 19.3 Å². The average molecular weight is 994 g/mol. The van der Waals surface area contributed by atoms with Crippen LogP contribution in [0, 0.1) is 0 Å². The quantitative estimate of drug-likeness (QED) is 0.0261. The summed E-state index contributed by atoms with van der Waals surface area (Å²) in [6, 6.07) is 0. The Bertz CT molecular complexity index is 1610. The number of esters is 3. The van der Waals surface area contributed by atoms with Crippen molar-refractivity contribution in [3.05, 3.63) is 146 Å². The third-order valence-corrected chi connectivity index (χ3v) is 11.6. The molecule has 0 radical (unpaired) electrons. The molecule has 0 aliphatic rings. The van der Waals surface area contributed by atoms with Gasteiger partial charge >= 0.3 is 17.9 Å². The fourth-order valence-electron chi connectivity index (χ4n) is 7.30. The zero-order valence-electron chi connectivity index (χ0n) is 46.1. The molecule has 0 N–H and O–H groups in total. The standard InChI is InChI=1S/C66H104O6/c1-4-7-10-13-16-19-22-25-27-29-30-31-32-33-34-35-36-38-39-41-44-47-50-53-56-59-65(68)71-62-63(61-70-64(67)58-55-52-49-46-43-24-21-18-15-12-9-6-3)72-66(69)60-57-54-51-48-45-42-40-37-28-26-23-20-17-14-11-8-5-2/h7-8,10-11,16-21,25-28,30-31,33-34,36,38,40,42,48,51,63H,4-6,9,12-15,22-24,29,32,35,37,39,41,43-47,49-50,52-62H2,1-3H3/b10-7-,11-8-,19-16-,20-17-,21-18-,27-25-,28-26-,31-30-,34-33-,38-36-,42-40-,51-48-. The lowest BCUT2D eigenvalue weighted by molar-refractivity contribution is -0.167. The summed E-state index contributed by atoms with van der Waals surface area (Å²) in [5.41, 5.74) is 0. The highest BCUT2D eigenvalue weighted by Crippen LogP contribution is 2.13. The number of carbonyl (C=O) groups excluding carboxylic acids is 3. The van der Waals surface area contributed by atoms with Gasteiger partial charge in [-0.3, -0.25) is 14.4 Å². The van der Waals surface area contributed by atoms with E-state index in [9.17, 15) is 14.4 Å². The van der Waals surface area contributed by atoms with Crippen LogP contribution in [0.4, 0.5) is 0 Å². The van der Waals surface area contributed by atoms with Gasteiger partial charge in [-0.25, -0.2) is 0 Å². The van der Waals surface area contributed by atoms with Crippen LogP contribution in [0.15, 0.2) is 146 Å². The molecule has 0 spiro atoms. The molecule has 0 amide bonds. The number of hydrogen-bond donors (Lipinski definition) is 0. The maximum Gasteiger partial charge on any atom is 0.306 e. The highest BCUT2D eigenvalue weighted by atomic mass is 16.6. The van der Waals surface area contributed by atoms with Crippen molar-refractivity contribution < 1.29 is 28.6 Å². The summed E-state index contributed by atoms with van der Waals surface area (Å²) in [4.78, 5) is 38.1. The zero-order valence-corrected chi connectivity index (χ0v) is 46.1. The molecule has 0 aromatic heterocycles. The molecule has 0 aromatic rings. The van der Waals surface area contributed by atoms with Crippen molar-refractivity contribution in [1.82, 2.24) is 0 Å². The van der Waals surface area contributed by atoms with E-state index in [0.717, 1.165) is 141 Å². The van der Waals surface area contributed by atoms with E-state index in [2.05, 4.69) is 167 Å². The zero-order chi connectivity index (χ0) is 52.2. The largest absolute Gasteiger partial charge is 0.462 e. The summed E-state index contributed by atoms with van der Waals surface area (Å²) in [5.74, 6) is -1.00. The SMILES string of the molecule is CC/C=C\C/C=C\C/C=C\C/C=C\C/C=C\C/C=C\CCCCCCCCC(=O)OCC(COC(=O)CCCCCCC/C=C\CCCCC)OC(=O)CCC/C=C\C/C=C\C/C=C\C/C=C\C/C=C\CC. The van der Waals surface area contributed by atoms with Crippen molar-refractivity contribution >= 4 is 17.9 Å².